The van der Waals surface area contributed by atoms with Crippen molar-refractivity contribution >= 4 is 0 Å². The summed E-state index contributed by atoms with van der Waals surface area (Å²) < 4.78 is 0. The maximum absolute atomic E-state index is 8.25. The van der Waals surface area contributed by atoms with Gasteiger partial charge in [0.2, 0.25) is 0 Å². The van der Waals surface area contributed by atoms with Crippen molar-refractivity contribution in [2.75, 3.05) is 0 Å². The van der Waals surface area contributed by atoms with E-state index in [1.807, 2.05) is 48.8 Å². The van der Waals surface area contributed by atoms with Crippen molar-refractivity contribution in [1.82, 2.24) is 15.0 Å². The van der Waals surface area contributed by atoms with Crippen LogP contribution in [0.4, 0.5) is 0 Å². The van der Waals surface area contributed by atoms with E-state index in [0.717, 1.165) is 22.4 Å². The largest absolute Gasteiger partial charge is 2.00 e. The van der Waals surface area contributed by atoms with E-state index in [2.05, 4.69) is 15.0 Å². The van der Waals surface area contributed by atoms with Crippen molar-refractivity contribution in [3.63, 3.8) is 0 Å². The van der Waals surface area contributed by atoms with Gasteiger partial charge in [-0.3, -0.25) is 15.0 Å². The number of hydrogen-bond acceptors (Lipinski definition) is 9. The Kier molecular flexibility index (Phi) is 11.0. The quantitative estimate of drug-likeness (QED) is 0.343. The molecule has 0 aromatic carbocycles. The van der Waals surface area contributed by atoms with Crippen molar-refractivity contribution in [3.8, 4) is 22.4 Å². The van der Waals surface area contributed by atoms with Gasteiger partial charge in [-0.15, -0.1) is 0 Å². The van der Waals surface area contributed by atoms with Gasteiger partial charge in [-0.25, -0.2) is 0 Å². The van der Waals surface area contributed by atoms with E-state index in [-0.39, 0.29) is 17.1 Å². The third-order valence-electron chi connectivity index (χ3n) is 2.72. The number of hydrogen-bond donors (Lipinski definition) is 0. The van der Waals surface area contributed by atoms with Crippen molar-refractivity contribution in [2.24, 2.45) is 0 Å². The molecule has 12 heteroatoms. The predicted molar refractivity (Wildman–Crippen MR) is 91.4 cm³/mol. The Bertz CT molecular complexity index is 760. The van der Waals surface area contributed by atoms with Gasteiger partial charge in [0, 0.05) is 47.7 Å². The van der Waals surface area contributed by atoms with Crippen LogP contribution in [-0.2, 0) is 17.1 Å². The smallest absolute Gasteiger partial charge is 0.356 e. The second kappa shape index (κ2) is 12.7. The van der Waals surface area contributed by atoms with E-state index >= 15 is 0 Å². The molecule has 3 aromatic rings. The van der Waals surface area contributed by atoms with E-state index < -0.39 is 10.2 Å². The van der Waals surface area contributed by atoms with E-state index in [0.29, 0.717) is 0 Å². The van der Waals surface area contributed by atoms with Crippen molar-refractivity contribution < 1.29 is 27.2 Å². The summed E-state index contributed by atoms with van der Waals surface area (Å²) in [4.78, 5) is 29.3. The molecule has 0 fully saturated rings. The minimum Gasteiger partial charge on any atom is -0.356 e. The summed E-state index contributed by atoms with van der Waals surface area (Å²) >= 11 is 0. The minimum absolute atomic E-state index is 0. The summed E-state index contributed by atoms with van der Waals surface area (Å²) in [5, 5.41) is 29.5. The zero-order valence-corrected chi connectivity index (χ0v) is 14.3. The van der Waals surface area contributed by atoms with Crippen LogP contribution in [0.25, 0.3) is 22.4 Å². The molecular formula is C15H11CuN5O6. The maximum atomic E-state index is 8.25. The molecule has 0 unspecified atom stereocenters. The zero-order chi connectivity index (χ0) is 19.4. The Balaban J connectivity index is 0.000000646. The molecule has 0 saturated heterocycles. The first-order valence-corrected chi connectivity index (χ1v) is 6.80. The van der Waals surface area contributed by atoms with Gasteiger partial charge in [0.05, 0.1) is 15.9 Å². The molecule has 0 bridgehead atoms. The first-order valence-electron chi connectivity index (χ1n) is 6.80. The van der Waals surface area contributed by atoms with Crippen molar-refractivity contribution in [2.45, 2.75) is 0 Å². The molecule has 27 heavy (non-hydrogen) atoms. The Morgan fingerprint density at radius 3 is 1.59 bits per heavy atom. The monoisotopic (exact) mass is 420 g/mol. The molecule has 143 valence electrons. The normalized spacial score (nSPS) is 8.59. The van der Waals surface area contributed by atoms with Crippen LogP contribution in [-0.4, -0.2) is 25.1 Å². The van der Waals surface area contributed by atoms with Crippen molar-refractivity contribution in [3.05, 3.63) is 98.0 Å². The molecular weight excluding hydrogens is 410 g/mol. The second-order valence-electron chi connectivity index (χ2n) is 4.33. The van der Waals surface area contributed by atoms with Gasteiger partial charge < -0.3 is 30.6 Å². The molecule has 3 rings (SSSR count). The maximum Gasteiger partial charge on any atom is 2.00 e. The molecule has 0 aliphatic carbocycles. The van der Waals surface area contributed by atoms with Gasteiger partial charge in [-0.2, -0.15) is 0 Å². The van der Waals surface area contributed by atoms with Crippen molar-refractivity contribution in [1.29, 1.82) is 0 Å². The molecule has 0 atom stereocenters. The molecule has 0 aliphatic heterocycles. The van der Waals surface area contributed by atoms with Gasteiger partial charge in [0.1, 0.15) is 0 Å². The first-order chi connectivity index (χ1) is 12.4. The molecule has 1 radical (unpaired) electrons. The molecule has 0 saturated carbocycles. The summed E-state index contributed by atoms with van der Waals surface area (Å²) in [6.45, 7) is 0. The van der Waals surface area contributed by atoms with Crippen LogP contribution in [0.2, 0.25) is 0 Å². The first kappa shape index (κ1) is 23.4. The topological polar surface area (TPSA) is 171 Å². The van der Waals surface area contributed by atoms with E-state index in [9.17, 15) is 0 Å². The van der Waals surface area contributed by atoms with Gasteiger partial charge >= 0.3 is 17.1 Å². The van der Waals surface area contributed by atoms with Gasteiger partial charge in [-0.05, 0) is 24.3 Å². The molecule has 0 N–H and O–H groups in total. The number of pyridine rings is 3. The van der Waals surface area contributed by atoms with E-state index in [1.165, 1.54) is 0 Å². The third-order valence-corrected chi connectivity index (χ3v) is 2.72. The molecule has 0 amide bonds. The summed E-state index contributed by atoms with van der Waals surface area (Å²) in [6, 6.07) is 11.9. The van der Waals surface area contributed by atoms with Crippen LogP contribution in [0.15, 0.2) is 67.4 Å². The number of aromatic nitrogens is 3. The average Bonchev–Trinajstić information content (AvgIpc) is 2.62. The Morgan fingerprint density at radius 2 is 1.15 bits per heavy atom. The molecule has 0 spiro atoms. The standard InChI is InChI=1S/C15H11N3.Cu.2NO3/c1-4-12(10-16-7-1)14-6-3-9-18-15(14)13-5-2-8-17-11-13;;2*2-1(3)4/h1-11H;;;/q;+2;2*-1. The van der Waals surface area contributed by atoms with Crippen LogP contribution in [0.1, 0.15) is 0 Å². The second-order valence-corrected chi connectivity index (χ2v) is 4.33. The molecule has 11 nitrogen and oxygen atoms in total. The molecule has 3 aromatic heterocycles. The third kappa shape index (κ3) is 9.43. The number of nitrogens with zero attached hydrogens (tertiary/aromatic N) is 5. The van der Waals surface area contributed by atoms with Gasteiger partial charge in [-0.1, -0.05) is 12.1 Å². The van der Waals surface area contributed by atoms with E-state index in [1.54, 1.807) is 18.6 Å². The predicted octanol–water partition coefficient (Wildman–Crippen LogP) is 2.72. The minimum atomic E-state index is -1.75. The van der Waals surface area contributed by atoms with Crippen LogP contribution in [0, 0.1) is 30.6 Å². The Morgan fingerprint density at radius 1 is 0.704 bits per heavy atom. The van der Waals surface area contributed by atoms with E-state index in [4.69, 9.17) is 30.6 Å². The van der Waals surface area contributed by atoms with Crippen LogP contribution in [0.5, 0.6) is 0 Å². The summed E-state index contributed by atoms with van der Waals surface area (Å²) in [7, 11) is 0. The fourth-order valence-corrected chi connectivity index (χ4v) is 1.89. The fraction of sp³-hybridized carbons (Fsp3) is 0. The summed E-state index contributed by atoms with van der Waals surface area (Å²) in [5.41, 5.74) is 4.07. The van der Waals surface area contributed by atoms with Gasteiger partial charge in [0.15, 0.2) is 0 Å². The molecule has 3 heterocycles. The Hall–Kier alpha value is -3.63. The fourth-order valence-electron chi connectivity index (χ4n) is 1.89. The van der Waals surface area contributed by atoms with Crippen LogP contribution in [0.3, 0.4) is 0 Å². The van der Waals surface area contributed by atoms with Crippen LogP contribution < -0.4 is 0 Å². The zero-order valence-electron chi connectivity index (χ0n) is 13.3. The SMILES string of the molecule is O=[N+]([O-])[O-].O=[N+]([O-])[O-].[Cu+2].c1cncc(-c2cccnc2-c2cccnc2)c1. The number of rotatable bonds is 2. The summed E-state index contributed by atoms with van der Waals surface area (Å²) in [5.74, 6) is 0. The van der Waals surface area contributed by atoms with Gasteiger partial charge in [0.25, 0.3) is 0 Å². The average molecular weight is 421 g/mol. The van der Waals surface area contributed by atoms with Crippen LogP contribution >= 0.6 is 0 Å². The Labute approximate surface area is 163 Å². The molecule has 0 aliphatic rings. The summed E-state index contributed by atoms with van der Waals surface area (Å²) in [6.07, 6.45) is 8.99.